The van der Waals surface area contributed by atoms with E-state index < -0.39 is 0 Å². The lowest BCUT2D eigenvalue weighted by Gasteiger charge is -2.16. The minimum absolute atomic E-state index is 0.380. The van der Waals surface area contributed by atoms with Gasteiger partial charge in [-0.2, -0.15) is 0 Å². The van der Waals surface area contributed by atoms with Gasteiger partial charge >= 0.3 is 0 Å². The van der Waals surface area contributed by atoms with Gasteiger partial charge in [-0.05, 0) is 61.0 Å². The molecule has 0 aliphatic carbocycles. The molecular formula is C20H21BrN2O4. The Morgan fingerprint density at radius 2 is 1.44 bits per heavy atom. The highest BCUT2D eigenvalue weighted by molar-refractivity contribution is 9.10. The second kappa shape index (κ2) is 8.90. The Labute approximate surface area is 166 Å². The van der Waals surface area contributed by atoms with Gasteiger partial charge in [-0.25, -0.2) is 0 Å². The number of halogens is 1. The fourth-order valence-electron chi connectivity index (χ4n) is 2.60. The molecule has 0 unspecified atom stereocenters. The van der Waals surface area contributed by atoms with Gasteiger partial charge in [-0.15, -0.1) is 10.2 Å². The van der Waals surface area contributed by atoms with E-state index in [0.717, 1.165) is 10.0 Å². The summed E-state index contributed by atoms with van der Waals surface area (Å²) in [7, 11) is 0. The van der Waals surface area contributed by atoms with Crippen LogP contribution in [0.1, 0.15) is 20.8 Å². The molecular weight excluding hydrogens is 412 g/mol. The van der Waals surface area contributed by atoms with Crippen molar-refractivity contribution in [3.05, 3.63) is 40.9 Å². The molecule has 2 aromatic carbocycles. The molecule has 6 nitrogen and oxygen atoms in total. The van der Waals surface area contributed by atoms with Crippen LogP contribution in [-0.2, 0) is 0 Å². The summed E-state index contributed by atoms with van der Waals surface area (Å²) in [5.41, 5.74) is 1.54. The van der Waals surface area contributed by atoms with Crippen molar-refractivity contribution in [1.29, 1.82) is 0 Å². The summed E-state index contributed by atoms with van der Waals surface area (Å²) in [5, 5.41) is 8.37. The van der Waals surface area contributed by atoms with Crippen molar-refractivity contribution >= 4 is 15.9 Å². The van der Waals surface area contributed by atoms with Gasteiger partial charge < -0.3 is 18.6 Å². The zero-order valence-corrected chi connectivity index (χ0v) is 17.1. The lowest BCUT2D eigenvalue weighted by atomic mass is 10.1. The molecule has 0 radical (unpaired) electrons. The minimum atomic E-state index is 0.380. The standard InChI is InChI=1S/C20H21BrN2O4/c1-4-24-16-11-13(12-17(25-5-2)18(16)26-6-3)19-22-23-20(27-19)14-9-7-8-10-15(14)21/h7-12H,4-6H2,1-3H3. The van der Waals surface area contributed by atoms with E-state index >= 15 is 0 Å². The van der Waals surface area contributed by atoms with E-state index in [4.69, 9.17) is 18.6 Å². The summed E-state index contributed by atoms with van der Waals surface area (Å²) >= 11 is 3.51. The quantitative estimate of drug-likeness (QED) is 0.476. The maximum atomic E-state index is 5.90. The minimum Gasteiger partial charge on any atom is -0.490 e. The predicted molar refractivity (Wildman–Crippen MR) is 106 cm³/mol. The highest BCUT2D eigenvalue weighted by Gasteiger charge is 2.19. The van der Waals surface area contributed by atoms with Crippen molar-refractivity contribution in [3.63, 3.8) is 0 Å². The predicted octanol–water partition coefficient (Wildman–Crippen LogP) is 5.36. The van der Waals surface area contributed by atoms with Crippen molar-refractivity contribution in [2.45, 2.75) is 20.8 Å². The van der Waals surface area contributed by atoms with Crippen LogP contribution in [0.5, 0.6) is 17.2 Å². The summed E-state index contributed by atoms with van der Waals surface area (Å²) in [6.45, 7) is 7.26. The van der Waals surface area contributed by atoms with Gasteiger partial charge in [0, 0.05) is 10.0 Å². The second-order valence-corrected chi connectivity index (χ2v) is 6.35. The van der Waals surface area contributed by atoms with Crippen molar-refractivity contribution in [1.82, 2.24) is 10.2 Å². The normalized spacial score (nSPS) is 10.7. The lowest BCUT2D eigenvalue weighted by Crippen LogP contribution is -2.03. The molecule has 7 heteroatoms. The van der Waals surface area contributed by atoms with E-state index in [1.165, 1.54) is 0 Å². The van der Waals surface area contributed by atoms with E-state index in [1.54, 1.807) is 0 Å². The van der Waals surface area contributed by atoms with Crippen LogP contribution in [0, 0.1) is 0 Å². The molecule has 0 bridgehead atoms. The van der Waals surface area contributed by atoms with E-state index in [-0.39, 0.29) is 0 Å². The third kappa shape index (κ3) is 4.24. The molecule has 0 fully saturated rings. The molecule has 0 amide bonds. The van der Waals surface area contributed by atoms with Gasteiger partial charge in [0.2, 0.25) is 17.5 Å². The summed E-state index contributed by atoms with van der Waals surface area (Å²) in [6, 6.07) is 11.3. The van der Waals surface area contributed by atoms with E-state index in [2.05, 4.69) is 26.1 Å². The first-order chi connectivity index (χ1) is 13.2. The number of ether oxygens (including phenoxy) is 3. The molecule has 3 rings (SSSR count). The Morgan fingerprint density at radius 3 is 2.04 bits per heavy atom. The smallest absolute Gasteiger partial charge is 0.249 e. The number of nitrogens with zero attached hydrogens (tertiary/aromatic N) is 2. The number of benzene rings is 2. The molecule has 0 saturated heterocycles. The number of hydrogen-bond donors (Lipinski definition) is 0. The topological polar surface area (TPSA) is 66.6 Å². The molecule has 3 aromatic rings. The van der Waals surface area contributed by atoms with Gasteiger partial charge in [0.1, 0.15) is 0 Å². The summed E-state index contributed by atoms with van der Waals surface area (Å²) in [6.07, 6.45) is 0. The summed E-state index contributed by atoms with van der Waals surface area (Å²) in [5.74, 6) is 2.56. The second-order valence-electron chi connectivity index (χ2n) is 5.49. The van der Waals surface area contributed by atoms with Crippen LogP contribution in [0.25, 0.3) is 22.9 Å². The fraction of sp³-hybridized carbons (Fsp3) is 0.300. The molecule has 0 aliphatic heterocycles. The SMILES string of the molecule is CCOc1cc(-c2nnc(-c3ccccc3Br)o2)cc(OCC)c1OCC. The van der Waals surface area contributed by atoms with Crippen LogP contribution in [-0.4, -0.2) is 30.0 Å². The highest BCUT2D eigenvalue weighted by Crippen LogP contribution is 2.42. The van der Waals surface area contributed by atoms with Crippen molar-refractivity contribution in [2.75, 3.05) is 19.8 Å². The molecule has 0 N–H and O–H groups in total. The largest absolute Gasteiger partial charge is 0.490 e. The average molecular weight is 433 g/mol. The van der Waals surface area contributed by atoms with Gasteiger partial charge in [-0.3, -0.25) is 0 Å². The van der Waals surface area contributed by atoms with Crippen LogP contribution < -0.4 is 14.2 Å². The summed E-state index contributed by atoms with van der Waals surface area (Å²) < 4.78 is 24.0. The highest BCUT2D eigenvalue weighted by atomic mass is 79.9. The zero-order chi connectivity index (χ0) is 19.2. The van der Waals surface area contributed by atoms with E-state index in [9.17, 15) is 0 Å². The third-order valence-corrected chi connectivity index (χ3v) is 4.38. The Hall–Kier alpha value is -2.54. The third-order valence-electron chi connectivity index (χ3n) is 3.69. The van der Waals surface area contributed by atoms with Crippen molar-refractivity contribution < 1.29 is 18.6 Å². The Balaban J connectivity index is 2.05. The van der Waals surface area contributed by atoms with E-state index in [0.29, 0.717) is 54.4 Å². The Bertz CT molecular complexity index is 883. The zero-order valence-electron chi connectivity index (χ0n) is 15.5. The van der Waals surface area contributed by atoms with Gasteiger partial charge in [0.05, 0.1) is 25.4 Å². The number of aromatic nitrogens is 2. The Morgan fingerprint density at radius 1 is 0.852 bits per heavy atom. The average Bonchev–Trinajstić information content (AvgIpc) is 3.15. The van der Waals surface area contributed by atoms with Crippen LogP contribution in [0.2, 0.25) is 0 Å². The first kappa shape index (κ1) is 19.2. The maximum absolute atomic E-state index is 5.90. The van der Waals surface area contributed by atoms with Crippen LogP contribution >= 0.6 is 15.9 Å². The molecule has 0 spiro atoms. The van der Waals surface area contributed by atoms with Gasteiger partial charge in [0.25, 0.3) is 0 Å². The molecule has 0 atom stereocenters. The first-order valence-corrected chi connectivity index (χ1v) is 9.62. The molecule has 1 heterocycles. The molecule has 27 heavy (non-hydrogen) atoms. The lowest BCUT2D eigenvalue weighted by molar-refractivity contribution is 0.261. The molecule has 0 saturated carbocycles. The maximum Gasteiger partial charge on any atom is 0.249 e. The van der Waals surface area contributed by atoms with Crippen LogP contribution in [0.3, 0.4) is 0 Å². The van der Waals surface area contributed by atoms with E-state index in [1.807, 2.05) is 57.2 Å². The number of hydrogen-bond acceptors (Lipinski definition) is 6. The summed E-state index contributed by atoms with van der Waals surface area (Å²) in [4.78, 5) is 0. The van der Waals surface area contributed by atoms with Crippen molar-refractivity contribution in [2.24, 2.45) is 0 Å². The monoisotopic (exact) mass is 432 g/mol. The first-order valence-electron chi connectivity index (χ1n) is 8.83. The van der Waals surface area contributed by atoms with Gasteiger partial charge in [-0.1, -0.05) is 12.1 Å². The van der Waals surface area contributed by atoms with Crippen molar-refractivity contribution in [3.8, 4) is 40.2 Å². The van der Waals surface area contributed by atoms with Gasteiger partial charge in [0.15, 0.2) is 11.5 Å². The molecule has 142 valence electrons. The molecule has 1 aromatic heterocycles. The number of rotatable bonds is 8. The Kier molecular flexibility index (Phi) is 6.34. The van der Waals surface area contributed by atoms with Crippen LogP contribution in [0.15, 0.2) is 45.3 Å². The fourth-order valence-corrected chi connectivity index (χ4v) is 3.05. The molecule has 0 aliphatic rings. The van der Waals surface area contributed by atoms with Crippen LogP contribution in [0.4, 0.5) is 0 Å².